The number of para-hydroxylation sites is 2. The summed E-state index contributed by atoms with van der Waals surface area (Å²) in [5, 5.41) is 2.03. The van der Waals surface area contributed by atoms with E-state index in [-0.39, 0.29) is 5.69 Å². The largest absolute Gasteiger partial charge is 0.289 e. The standard InChI is InChI=1S/C25H16F3N2P/c26-19-15-16-22(24(28)23(19)27)30-21-14-8-7-13-20(21)29-25(30)31(17-9-3-1-4-10-17)18-11-5-2-6-12-18/h1-16H. The number of benzene rings is 4. The first-order valence-electron chi connectivity index (χ1n) is 9.67. The molecular formula is C25H16F3N2P. The second-order valence-electron chi connectivity index (χ2n) is 6.94. The Hall–Kier alpha value is -3.43. The zero-order valence-corrected chi connectivity index (χ0v) is 17.1. The molecule has 5 aromatic rings. The molecule has 0 saturated heterocycles. The Bertz CT molecular complexity index is 1330. The van der Waals surface area contributed by atoms with Gasteiger partial charge in [0.25, 0.3) is 0 Å². The van der Waals surface area contributed by atoms with Gasteiger partial charge in [-0.05, 0) is 34.9 Å². The van der Waals surface area contributed by atoms with Crippen molar-refractivity contribution in [3.8, 4) is 5.69 Å². The van der Waals surface area contributed by atoms with Crippen molar-refractivity contribution in [3.05, 3.63) is 115 Å². The number of hydrogen-bond acceptors (Lipinski definition) is 1. The van der Waals surface area contributed by atoms with Crippen LogP contribution in [0.2, 0.25) is 0 Å². The fourth-order valence-electron chi connectivity index (χ4n) is 3.62. The smallest absolute Gasteiger partial charge is 0.196 e. The molecular weight excluding hydrogens is 416 g/mol. The van der Waals surface area contributed by atoms with Crippen molar-refractivity contribution in [2.24, 2.45) is 0 Å². The minimum Gasteiger partial charge on any atom is -0.289 e. The van der Waals surface area contributed by atoms with E-state index in [0.717, 1.165) is 16.7 Å². The second kappa shape index (κ2) is 8.01. The van der Waals surface area contributed by atoms with Crippen LogP contribution >= 0.6 is 7.92 Å². The first kappa shape index (κ1) is 19.5. The number of aromatic nitrogens is 2. The lowest BCUT2D eigenvalue weighted by Crippen LogP contribution is -2.28. The molecule has 152 valence electrons. The molecule has 0 saturated carbocycles. The van der Waals surface area contributed by atoms with Gasteiger partial charge in [0.1, 0.15) is 5.57 Å². The van der Waals surface area contributed by atoms with Crippen molar-refractivity contribution in [3.63, 3.8) is 0 Å². The van der Waals surface area contributed by atoms with E-state index in [0.29, 0.717) is 16.6 Å². The highest BCUT2D eigenvalue weighted by Gasteiger charge is 2.27. The van der Waals surface area contributed by atoms with E-state index < -0.39 is 25.4 Å². The third kappa shape index (κ3) is 3.41. The Balaban J connectivity index is 1.86. The molecule has 0 aliphatic carbocycles. The van der Waals surface area contributed by atoms with Gasteiger partial charge in [-0.2, -0.15) is 0 Å². The van der Waals surface area contributed by atoms with Gasteiger partial charge in [0.2, 0.25) is 0 Å². The van der Waals surface area contributed by atoms with Gasteiger partial charge in [-0.25, -0.2) is 18.2 Å². The number of fused-ring (bicyclic) bond motifs is 1. The molecule has 1 heterocycles. The minimum absolute atomic E-state index is 0.0676. The van der Waals surface area contributed by atoms with Crippen molar-refractivity contribution in [1.82, 2.24) is 9.55 Å². The van der Waals surface area contributed by atoms with Gasteiger partial charge in [-0.1, -0.05) is 72.8 Å². The van der Waals surface area contributed by atoms with Crippen molar-refractivity contribution < 1.29 is 13.2 Å². The third-order valence-electron chi connectivity index (χ3n) is 5.03. The van der Waals surface area contributed by atoms with Gasteiger partial charge in [0.05, 0.1) is 16.7 Å². The lowest BCUT2D eigenvalue weighted by molar-refractivity contribution is 0.445. The zero-order valence-electron chi connectivity index (χ0n) is 16.2. The van der Waals surface area contributed by atoms with E-state index in [1.165, 1.54) is 6.07 Å². The quantitative estimate of drug-likeness (QED) is 0.282. The third-order valence-corrected chi connectivity index (χ3v) is 7.36. The zero-order chi connectivity index (χ0) is 21.4. The number of hydrogen-bond donors (Lipinski definition) is 0. The summed E-state index contributed by atoms with van der Waals surface area (Å²) >= 11 is 0. The molecule has 2 nitrogen and oxygen atoms in total. The van der Waals surface area contributed by atoms with E-state index in [4.69, 9.17) is 4.98 Å². The molecule has 0 fully saturated rings. The molecule has 31 heavy (non-hydrogen) atoms. The highest BCUT2D eigenvalue weighted by molar-refractivity contribution is 7.79. The summed E-state index contributed by atoms with van der Waals surface area (Å²) in [5.41, 5.74) is 1.79. The van der Waals surface area contributed by atoms with Crippen LogP contribution < -0.4 is 16.2 Å². The van der Waals surface area contributed by atoms with Gasteiger partial charge in [0, 0.05) is 7.92 Å². The normalized spacial score (nSPS) is 11.4. The SMILES string of the molecule is Fc1ccc(-n2c(P(c3ccccc3)c3ccccc3)nc3ccccc32)c(F)c1F. The molecule has 0 aliphatic heterocycles. The molecule has 0 spiro atoms. The van der Waals surface area contributed by atoms with Crippen LogP contribution in [0.25, 0.3) is 16.7 Å². The molecule has 0 N–H and O–H groups in total. The monoisotopic (exact) mass is 432 g/mol. The summed E-state index contributed by atoms with van der Waals surface area (Å²) in [6.07, 6.45) is 0. The predicted molar refractivity (Wildman–Crippen MR) is 120 cm³/mol. The van der Waals surface area contributed by atoms with Gasteiger partial charge in [0.15, 0.2) is 17.5 Å². The van der Waals surface area contributed by atoms with Crippen LogP contribution in [0.15, 0.2) is 97.1 Å². The molecule has 1 aromatic heterocycles. The van der Waals surface area contributed by atoms with E-state index in [1.807, 2.05) is 78.9 Å². The van der Waals surface area contributed by atoms with Crippen molar-refractivity contribution in [1.29, 1.82) is 0 Å². The average molecular weight is 432 g/mol. The van der Waals surface area contributed by atoms with Crippen molar-refractivity contribution >= 4 is 35.1 Å². The molecule has 0 aliphatic rings. The number of nitrogens with zero attached hydrogens (tertiary/aromatic N) is 2. The van der Waals surface area contributed by atoms with Gasteiger partial charge >= 0.3 is 0 Å². The summed E-state index contributed by atoms with van der Waals surface area (Å²) in [6.45, 7) is 0. The minimum atomic E-state index is -1.50. The lowest BCUT2D eigenvalue weighted by Gasteiger charge is -2.20. The Morgan fingerprint density at radius 2 is 1.19 bits per heavy atom. The Morgan fingerprint density at radius 1 is 0.613 bits per heavy atom. The Labute approximate surface area is 178 Å². The van der Waals surface area contributed by atoms with Crippen molar-refractivity contribution in [2.75, 3.05) is 0 Å². The molecule has 0 radical (unpaired) electrons. The van der Waals surface area contributed by atoms with E-state index >= 15 is 0 Å². The predicted octanol–water partition coefficient (Wildman–Crippen LogP) is 5.20. The first-order valence-corrected chi connectivity index (χ1v) is 11.0. The maximum Gasteiger partial charge on any atom is 0.196 e. The number of imidazole rings is 1. The van der Waals surface area contributed by atoms with Gasteiger partial charge < -0.3 is 0 Å². The molecule has 0 bridgehead atoms. The fourth-order valence-corrected chi connectivity index (χ4v) is 5.95. The van der Waals surface area contributed by atoms with Crippen LogP contribution in [0.1, 0.15) is 0 Å². The average Bonchev–Trinajstić information content (AvgIpc) is 3.18. The highest BCUT2D eigenvalue weighted by atomic mass is 31.1. The summed E-state index contributed by atoms with van der Waals surface area (Å²) in [5.74, 6) is -3.95. The van der Waals surface area contributed by atoms with E-state index in [2.05, 4.69) is 0 Å². The first-order chi connectivity index (χ1) is 15.1. The van der Waals surface area contributed by atoms with Crippen LogP contribution in [0, 0.1) is 17.5 Å². The number of rotatable bonds is 4. The number of halogens is 3. The Kier molecular flexibility index (Phi) is 5.05. The maximum absolute atomic E-state index is 14.9. The summed E-state index contributed by atoms with van der Waals surface area (Å²) in [4.78, 5) is 4.84. The van der Waals surface area contributed by atoms with Gasteiger partial charge in [-0.3, -0.25) is 4.57 Å². The van der Waals surface area contributed by atoms with Crippen LogP contribution in [0.3, 0.4) is 0 Å². The molecule has 4 aromatic carbocycles. The highest BCUT2D eigenvalue weighted by Crippen LogP contribution is 2.35. The van der Waals surface area contributed by atoms with E-state index in [9.17, 15) is 13.2 Å². The summed E-state index contributed by atoms with van der Waals surface area (Å²) in [6, 6.07) is 29.1. The van der Waals surface area contributed by atoms with Crippen LogP contribution in [0.5, 0.6) is 0 Å². The van der Waals surface area contributed by atoms with Crippen LogP contribution in [0.4, 0.5) is 13.2 Å². The van der Waals surface area contributed by atoms with Crippen LogP contribution in [-0.2, 0) is 0 Å². The molecule has 0 amide bonds. The summed E-state index contributed by atoms with van der Waals surface area (Å²) < 4.78 is 44.4. The molecule has 6 heteroatoms. The molecule has 5 rings (SSSR count). The van der Waals surface area contributed by atoms with E-state index in [1.54, 1.807) is 10.6 Å². The van der Waals surface area contributed by atoms with Gasteiger partial charge in [-0.15, -0.1) is 0 Å². The fraction of sp³-hybridized carbons (Fsp3) is 0. The van der Waals surface area contributed by atoms with Crippen LogP contribution in [-0.4, -0.2) is 9.55 Å². The topological polar surface area (TPSA) is 17.8 Å². The van der Waals surface area contributed by atoms with Crippen molar-refractivity contribution in [2.45, 2.75) is 0 Å². The second-order valence-corrected chi connectivity index (χ2v) is 9.04. The molecule has 0 unspecified atom stereocenters. The lowest BCUT2D eigenvalue weighted by atomic mass is 10.2. The Morgan fingerprint density at radius 3 is 1.84 bits per heavy atom. The maximum atomic E-state index is 14.9. The summed E-state index contributed by atoms with van der Waals surface area (Å²) in [7, 11) is -1.20. The molecule has 0 atom stereocenters.